The van der Waals surface area contributed by atoms with Crippen LogP contribution in [-0.4, -0.2) is 8.42 Å². The molecule has 7 heteroatoms. The maximum absolute atomic E-state index is 12.5. The van der Waals surface area contributed by atoms with Gasteiger partial charge in [-0.2, -0.15) is 0 Å². The van der Waals surface area contributed by atoms with Crippen LogP contribution in [0.4, 0.5) is 5.69 Å². The average molecular weight is 390 g/mol. The van der Waals surface area contributed by atoms with E-state index in [2.05, 4.69) is 20.7 Å². The molecule has 0 saturated carbocycles. The number of hydrogen-bond donors (Lipinski definition) is 2. The predicted molar refractivity (Wildman–Crippen MR) is 89.0 cm³/mol. The summed E-state index contributed by atoms with van der Waals surface area (Å²) in [4.78, 5) is 0.0144. The van der Waals surface area contributed by atoms with E-state index in [4.69, 9.17) is 17.3 Å². The molecule has 0 amide bonds. The molecule has 21 heavy (non-hydrogen) atoms. The molecule has 0 fully saturated rings. The Hall–Kier alpha value is -1.08. The van der Waals surface area contributed by atoms with Crippen LogP contribution in [0.3, 0.4) is 0 Å². The number of hydrogen-bond acceptors (Lipinski definition) is 3. The van der Waals surface area contributed by atoms with Crippen LogP contribution in [0.5, 0.6) is 0 Å². The highest BCUT2D eigenvalue weighted by Gasteiger charge is 2.19. The monoisotopic (exact) mass is 388 g/mol. The Labute approximate surface area is 137 Å². The summed E-state index contributed by atoms with van der Waals surface area (Å²) in [5, 5.41) is 0.156. The smallest absolute Gasteiger partial charge is 0.263 e. The lowest BCUT2D eigenvalue weighted by Gasteiger charge is -2.12. The van der Waals surface area contributed by atoms with Crippen molar-refractivity contribution in [2.75, 3.05) is 4.72 Å². The Morgan fingerprint density at radius 1 is 1.24 bits per heavy atom. The normalized spacial score (nSPS) is 11.4. The van der Waals surface area contributed by atoms with Gasteiger partial charge in [-0.25, -0.2) is 8.42 Å². The van der Waals surface area contributed by atoms with Gasteiger partial charge in [-0.3, -0.25) is 4.72 Å². The Balaban J connectivity index is 2.45. The lowest BCUT2D eigenvalue weighted by atomic mass is 10.2. The van der Waals surface area contributed by atoms with Gasteiger partial charge in [-0.15, -0.1) is 0 Å². The number of nitrogens with one attached hydrogen (secondary N) is 1. The fourth-order valence-electron chi connectivity index (χ4n) is 1.80. The van der Waals surface area contributed by atoms with Crippen LogP contribution >= 0.6 is 27.5 Å². The van der Waals surface area contributed by atoms with Crippen LogP contribution in [0.25, 0.3) is 0 Å². The molecule has 2 aromatic rings. The van der Waals surface area contributed by atoms with E-state index in [1.165, 1.54) is 12.1 Å². The molecule has 0 heterocycles. The van der Waals surface area contributed by atoms with E-state index < -0.39 is 10.0 Å². The predicted octanol–water partition coefficient (Wildman–Crippen LogP) is 3.67. The Morgan fingerprint density at radius 2 is 1.95 bits per heavy atom. The van der Waals surface area contributed by atoms with Crippen LogP contribution in [0.1, 0.15) is 11.1 Å². The van der Waals surface area contributed by atoms with Crippen molar-refractivity contribution in [3.05, 3.63) is 57.0 Å². The lowest BCUT2D eigenvalue weighted by Crippen LogP contribution is -2.14. The number of nitrogens with two attached hydrogens (primary N) is 1. The van der Waals surface area contributed by atoms with E-state index in [-0.39, 0.29) is 16.5 Å². The summed E-state index contributed by atoms with van der Waals surface area (Å²) in [5.41, 5.74) is 7.64. The summed E-state index contributed by atoms with van der Waals surface area (Å²) in [6.45, 7) is 2.13. The number of sulfonamides is 1. The second kappa shape index (κ2) is 6.36. The molecule has 4 nitrogen and oxygen atoms in total. The highest BCUT2D eigenvalue weighted by atomic mass is 79.9. The molecule has 0 saturated heterocycles. The molecule has 0 radical (unpaired) electrons. The van der Waals surface area contributed by atoms with Gasteiger partial charge in [0.25, 0.3) is 10.0 Å². The fraction of sp³-hybridized carbons (Fsp3) is 0.143. The first-order chi connectivity index (χ1) is 9.83. The Bertz CT molecular complexity index is 779. The highest BCUT2D eigenvalue weighted by molar-refractivity contribution is 9.10. The lowest BCUT2D eigenvalue weighted by molar-refractivity contribution is 0.601. The van der Waals surface area contributed by atoms with Crippen LogP contribution < -0.4 is 10.5 Å². The SMILES string of the molecule is Cc1ccc(Br)c(NS(=O)(=O)c2cc(CN)ccc2Cl)c1. The second-order valence-electron chi connectivity index (χ2n) is 4.56. The minimum absolute atomic E-state index is 0.0144. The van der Waals surface area contributed by atoms with E-state index in [1.54, 1.807) is 18.2 Å². The first-order valence-corrected chi connectivity index (χ1v) is 8.76. The van der Waals surface area contributed by atoms with Gasteiger partial charge in [-0.05, 0) is 58.2 Å². The third-order valence-electron chi connectivity index (χ3n) is 2.89. The number of benzene rings is 2. The van der Waals surface area contributed by atoms with Crippen LogP contribution in [0.15, 0.2) is 45.8 Å². The maximum Gasteiger partial charge on any atom is 0.263 e. The van der Waals surface area contributed by atoms with E-state index in [1.807, 2.05) is 13.0 Å². The first-order valence-electron chi connectivity index (χ1n) is 6.11. The van der Waals surface area contributed by atoms with Gasteiger partial charge >= 0.3 is 0 Å². The van der Waals surface area contributed by atoms with Crippen LogP contribution in [-0.2, 0) is 16.6 Å². The zero-order valence-corrected chi connectivity index (χ0v) is 14.4. The van der Waals surface area contributed by atoms with Gasteiger partial charge in [0.1, 0.15) is 4.90 Å². The third-order valence-corrected chi connectivity index (χ3v) is 5.43. The number of rotatable bonds is 4. The largest absolute Gasteiger partial charge is 0.326 e. The number of aryl methyl sites for hydroxylation is 1. The van der Waals surface area contributed by atoms with Gasteiger partial charge in [0.05, 0.1) is 10.7 Å². The topological polar surface area (TPSA) is 72.2 Å². The minimum atomic E-state index is -3.78. The molecule has 3 N–H and O–H groups in total. The molecule has 2 rings (SSSR count). The summed E-state index contributed by atoms with van der Waals surface area (Å²) in [6, 6.07) is 10.1. The molecule has 0 aromatic heterocycles. The molecule has 0 unspecified atom stereocenters. The van der Waals surface area contributed by atoms with Gasteiger partial charge < -0.3 is 5.73 Å². The summed E-state index contributed by atoms with van der Waals surface area (Å²) in [5.74, 6) is 0. The molecule has 2 aromatic carbocycles. The van der Waals surface area contributed by atoms with Crippen molar-refractivity contribution in [1.29, 1.82) is 0 Å². The first kappa shape index (κ1) is 16.3. The van der Waals surface area contributed by atoms with E-state index in [0.717, 1.165) is 5.56 Å². The molecule has 0 aliphatic carbocycles. The second-order valence-corrected chi connectivity index (χ2v) is 7.47. The number of halogens is 2. The van der Waals surface area contributed by atoms with Crippen molar-refractivity contribution in [2.24, 2.45) is 5.73 Å². The van der Waals surface area contributed by atoms with Crippen molar-refractivity contribution in [3.8, 4) is 0 Å². The van der Waals surface area contributed by atoms with E-state index in [9.17, 15) is 8.42 Å². The quantitative estimate of drug-likeness (QED) is 0.838. The highest BCUT2D eigenvalue weighted by Crippen LogP contribution is 2.29. The maximum atomic E-state index is 12.5. The summed E-state index contributed by atoms with van der Waals surface area (Å²) in [6.07, 6.45) is 0. The van der Waals surface area contributed by atoms with Gasteiger partial charge in [0.15, 0.2) is 0 Å². The standard InChI is InChI=1S/C14H14BrClN2O2S/c1-9-2-4-11(15)13(6-9)18-21(19,20)14-7-10(8-17)3-5-12(14)16/h2-7,18H,8,17H2,1H3. The molecule has 0 spiro atoms. The van der Waals surface area contributed by atoms with Crippen molar-refractivity contribution in [3.63, 3.8) is 0 Å². The van der Waals surface area contributed by atoms with E-state index in [0.29, 0.717) is 15.7 Å². The molecular weight excluding hydrogens is 376 g/mol. The van der Waals surface area contributed by atoms with Crippen molar-refractivity contribution < 1.29 is 8.42 Å². The third kappa shape index (κ3) is 3.77. The van der Waals surface area contributed by atoms with Crippen molar-refractivity contribution in [2.45, 2.75) is 18.4 Å². The molecule has 112 valence electrons. The van der Waals surface area contributed by atoms with E-state index >= 15 is 0 Å². The van der Waals surface area contributed by atoms with Crippen LogP contribution in [0, 0.1) is 6.92 Å². The molecular formula is C14H14BrClN2O2S. The van der Waals surface area contributed by atoms with Gasteiger partial charge in [0, 0.05) is 11.0 Å². The molecule has 0 aliphatic heterocycles. The Morgan fingerprint density at radius 3 is 2.62 bits per heavy atom. The Kier molecular flexibility index (Phi) is 4.93. The summed E-state index contributed by atoms with van der Waals surface area (Å²) < 4.78 is 28.2. The van der Waals surface area contributed by atoms with Crippen molar-refractivity contribution in [1.82, 2.24) is 0 Å². The molecule has 0 aliphatic rings. The van der Waals surface area contributed by atoms with Crippen LogP contribution in [0.2, 0.25) is 5.02 Å². The summed E-state index contributed by atoms with van der Waals surface area (Å²) in [7, 11) is -3.78. The van der Waals surface area contributed by atoms with Crippen molar-refractivity contribution >= 4 is 43.2 Å². The zero-order chi connectivity index (χ0) is 15.6. The fourth-order valence-corrected chi connectivity index (χ4v) is 3.90. The van der Waals surface area contributed by atoms with Gasteiger partial charge in [-0.1, -0.05) is 23.7 Å². The molecule has 0 bridgehead atoms. The number of anilines is 1. The average Bonchev–Trinajstić information content (AvgIpc) is 2.43. The van der Waals surface area contributed by atoms with Gasteiger partial charge in [0.2, 0.25) is 0 Å². The zero-order valence-electron chi connectivity index (χ0n) is 11.2. The molecule has 0 atom stereocenters. The summed E-state index contributed by atoms with van der Waals surface area (Å²) >= 11 is 9.33. The minimum Gasteiger partial charge on any atom is -0.326 e.